The number of allylic oxidation sites excluding steroid dienone is 2. The van der Waals surface area contributed by atoms with Crippen LogP contribution in [0.3, 0.4) is 0 Å². The maximum atomic E-state index is 2.29. The standard InChI is InChI=1S/C14H28/c1-4-7-8-9-10-11-12-13-14(5-2)6-3/h5H,4,6-13H2,1-3H3. The Morgan fingerprint density at radius 1 is 0.857 bits per heavy atom. The summed E-state index contributed by atoms with van der Waals surface area (Å²) in [7, 11) is 0. The highest BCUT2D eigenvalue weighted by Gasteiger charge is 1.94. The Kier molecular flexibility index (Phi) is 10.6. The van der Waals surface area contributed by atoms with Gasteiger partial charge in [0.1, 0.15) is 0 Å². The second-order valence-corrected chi connectivity index (χ2v) is 4.17. The van der Waals surface area contributed by atoms with Crippen LogP contribution in [-0.2, 0) is 0 Å². The molecule has 0 unspecified atom stereocenters. The van der Waals surface area contributed by atoms with Crippen molar-refractivity contribution >= 4 is 0 Å². The highest BCUT2D eigenvalue weighted by molar-refractivity contribution is 4.98. The molecule has 0 nitrogen and oxygen atoms in total. The van der Waals surface area contributed by atoms with Crippen LogP contribution in [0.2, 0.25) is 0 Å². The van der Waals surface area contributed by atoms with E-state index in [1.165, 1.54) is 57.8 Å². The lowest BCUT2D eigenvalue weighted by Crippen LogP contribution is -1.83. The van der Waals surface area contributed by atoms with Gasteiger partial charge in [-0.3, -0.25) is 0 Å². The smallest absolute Gasteiger partial charge is 0.0321 e. The van der Waals surface area contributed by atoms with E-state index < -0.39 is 0 Å². The molecule has 0 aromatic heterocycles. The second-order valence-electron chi connectivity index (χ2n) is 4.17. The van der Waals surface area contributed by atoms with Gasteiger partial charge in [-0.25, -0.2) is 0 Å². The zero-order valence-corrected chi connectivity index (χ0v) is 10.4. The summed E-state index contributed by atoms with van der Waals surface area (Å²) in [6, 6.07) is 0. The molecule has 0 atom stereocenters. The Labute approximate surface area is 90.8 Å². The van der Waals surface area contributed by atoms with Gasteiger partial charge in [0.25, 0.3) is 0 Å². The molecule has 0 bridgehead atoms. The largest absolute Gasteiger partial charge is 0.0885 e. The Hall–Kier alpha value is -0.260. The van der Waals surface area contributed by atoms with Crippen molar-refractivity contribution in [1.82, 2.24) is 0 Å². The zero-order valence-electron chi connectivity index (χ0n) is 10.4. The average Bonchev–Trinajstić information content (AvgIpc) is 2.22. The van der Waals surface area contributed by atoms with Crippen molar-refractivity contribution in [3.8, 4) is 0 Å². The molecule has 0 amide bonds. The van der Waals surface area contributed by atoms with Crippen LogP contribution < -0.4 is 0 Å². The molecule has 14 heavy (non-hydrogen) atoms. The zero-order chi connectivity index (χ0) is 10.6. The summed E-state index contributed by atoms with van der Waals surface area (Å²) in [5, 5.41) is 0. The Morgan fingerprint density at radius 3 is 1.93 bits per heavy atom. The predicted molar refractivity (Wildman–Crippen MR) is 66.7 cm³/mol. The molecular formula is C14H28. The molecule has 0 aromatic rings. The van der Waals surface area contributed by atoms with Crippen molar-refractivity contribution < 1.29 is 0 Å². The minimum Gasteiger partial charge on any atom is -0.0885 e. The van der Waals surface area contributed by atoms with Gasteiger partial charge < -0.3 is 0 Å². The van der Waals surface area contributed by atoms with E-state index in [-0.39, 0.29) is 0 Å². The third-order valence-electron chi connectivity index (χ3n) is 2.96. The third-order valence-corrected chi connectivity index (χ3v) is 2.96. The van der Waals surface area contributed by atoms with Crippen molar-refractivity contribution in [2.75, 3.05) is 0 Å². The number of unbranched alkanes of at least 4 members (excludes halogenated alkanes) is 6. The van der Waals surface area contributed by atoms with Crippen LogP contribution in [0.4, 0.5) is 0 Å². The maximum Gasteiger partial charge on any atom is -0.0321 e. The van der Waals surface area contributed by atoms with E-state index in [4.69, 9.17) is 0 Å². The molecule has 84 valence electrons. The lowest BCUT2D eigenvalue weighted by molar-refractivity contribution is 0.586. The molecule has 0 aliphatic rings. The number of rotatable bonds is 9. The minimum atomic E-state index is 1.24. The Bertz CT molecular complexity index is 133. The normalized spacial score (nSPS) is 12.1. The molecule has 0 N–H and O–H groups in total. The summed E-state index contributed by atoms with van der Waals surface area (Å²) in [6.45, 7) is 6.70. The fourth-order valence-corrected chi connectivity index (χ4v) is 1.83. The monoisotopic (exact) mass is 196 g/mol. The molecule has 0 aliphatic heterocycles. The summed E-state index contributed by atoms with van der Waals surface area (Å²) >= 11 is 0. The van der Waals surface area contributed by atoms with E-state index in [0.29, 0.717) is 0 Å². The van der Waals surface area contributed by atoms with Crippen LogP contribution in [0, 0.1) is 0 Å². The van der Waals surface area contributed by atoms with E-state index in [0.717, 1.165) is 0 Å². The minimum absolute atomic E-state index is 1.24. The molecule has 0 saturated heterocycles. The molecule has 0 aromatic carbocycles. The van der Waals surface area contributed by atoms with E-state index in [1.54, 1.807) is 5.57 Å². The van der Waals surface area contributed by atoms with Crippen LogP contribution in [0.1, 0.15) is 78.6 Å². The van der Waals surface area contributed by atoms with Crippen molar-refractivity contribution in [1.29, 1.82) is 0 Å². The maximum absolute atomic E-state index is 2.29. The lowest BCUT2D eigenvalue weighted by atomic mass is 10.0. The first-order valence-corrected chi connectivity index (χ1v) is 6.49. The quantitative estimate of drug-likeness (QED) is 0.338. The van der Waals surface area contributed by atoms with Crippen molar-refractivity contribution in [2.24, 2.45) is 0 Å². The van der Waals surface area contributed by atoms with Crippen LogP contribution >= 0.6 is 0 Å². The van der Waals surface area contributed by atoms with Crippen molar-refractivity contribution in [3.63, 3.8) is 0 Å². The van der Waals surface area contributed by atoms with Gasteiger partial charge in [0, 0.05) is 0 Å². The van der Waals surface area contributed by atoms with E-state index in [2.05, 4.69) is 26.8 Å². The Balaban J connectivity index is 3.13. The number of hydrogen-bond acceptors (Lipinski definition) is 0. The van der Waals surface area contributed by atoms with E-state index >= 15 is 0 Å². The molecule has 0 spiro atoms. The molecule has 0 saturated carbocycles. The molecule has 0 rings (SSSR count). The summed E-state index contributed by atoms with van der Waals surface area (Å²) in [4.78, 5) is 0. The highest BCUT2D eigenvalue weighted by atomic mass is 14.0. The SMILES string of the molecule is CC=C(CC)CCCCCCCCC. The van der Waals surface area contributed by atoms with Gasteiger partial charge in [0.2, 0.25) is 0 Å². The first kappa shape index (κ1) is 13.7. The average molecular weight is 196 g/mol. The van der Waals surface area contributed by atoms with Gasteiger partial charge in [-0.05, 0) is 26.2 Å². The van der Waals surface area contributed by atoms with E-state index in [9.17, 15) is 0 Å². The van der Waals surface area contributed by atoms with Crippen LogP contribution in [0.25, 0.3) is 0 Å². The molecule has 0 aliphatic carbocycles. The van der Waals surface area contributed by atoms with Gasteiger partial charge in [0.15, 0.2) is 0 Å². The highest BCUT2D eigenvalue weighted by Crippen LogP contribution is 2.14. The van der Waals surface area contributed by atoms with Gasteiger partial charge in [0.05, 0.1) is 0 Å². The van der Waals surface area contributed by atoms with Crippen molar-refractivity contribution in [2.45, 2.75) is 78.6 Å². The van der Waals surface area contributed by atoms with Crippen LogP contribution in [0.5, 0.6) is 0 Å². The molecule has 0 radical (unpaired) electrons. The summed E-state index contributed by atoms with van der Waals surface area (Å²) in [5.41, 5.74) is 1.64. The van der Waals surface area contributed by atoms with Crippen LogP contribution in [0.15, 0.2) is 11.6 Å². The van der Waals surface area contributed by atoms with Gasteiger partial charge >= 0.3 is 0 Å². The second kappa shape index (κ2) is 10.8. The summed E-state index contributed by atoms with van der Waals surface area (Å²) < 4.78 is 0. The molecule has 0 heteroatoms. The fourth-order valence-electron chi connectivity index (χ4n) is 1.83. The van der Waals surface area contributed by atoms with E-state index in [1.807, 2.05) is 0 Å². The molecule has 0 heterocycles. The number of hydrogen-bond donors (Lipinski definition) is 0. The van der Waals surface area contributed by atoms with Gasteiger partial charge in [-0.2, -0.15) is 0 Å². The van der Waals surface area contributed by atoms with Gasteiger partial charge in [-0.15, -0.1) is 0 Å². The summed E-state index contributed by atoms with van der Waals surface area (Å²) in [5.74, 6) is 0. The molecule has 0 fully saturated rings. The first-order chi connectivity index (χ1) is 6.85. The third kappa shape index (κ3) is 8.34. The molecular weight excluding hydrogens is 168 g/mol. The van der Waals surface area contributed by atoms with Gasteiger partial charge in [-0.1, -0.05) is 64.0 Å². The van der Waals surface area contributed by atoms with Crippen LogP contribution in [-0.4, -0.2) is 0 Å². The Morgan fingerprint density at radius 2 is 1.43 bits per heavy atom. The summed E-state index contributed by atoms with van der Waals surface area (Å²) in [6.07, 6.45) is 14.8. The predicted octanol–water partition coefficient (Wildman–Crippen LogP) is 5.48. The van der Waals surface area contributed by atoms with Crippen molar-refractivity contribution in [3.05, 3.63) is 11.6 Å². The first-order valence-electron chi connectivity index (χ1n) is 6.49. The topological polar surface area (TPSA) is 0 Å². The fraction of sp³-hybridized carbons (Fsp3) is 0.857. The lowest BCUT2D eigenvalue weighted by Gasteiger charge is -2.03.